The zero-order valence-corrected chi connectivity index (χ0v) is 15.3. The summed E-state index contributed by atoms with van der Waals surface area (Å²) < 4.78 is 14.8. The molecule has 2 N–H and O–H groups in total. The van der Waals surface area contributed by atoms with Gasteiger partial charge < -0.3 is 5.32 Å². The first kappa shape index (κ1) is 17.8. The number of carbonyl (C=O) groups excluding carboxylic acids is 1. The molecule has 6 nitrogen and oxygen atoms in total. The minimum Gasteiger partial charge on any atom is -0.305 e. The predicted molar refractivity (Wildman–Crippen MR) is 98.1 cm³/mol. The molecule has 1 amide bonds. The highest BCUT2D eigenvalue weighted by Crippen LogP contribution is 2.23. The average Bonchev–Trinajstić information content (AvgIpc) is 3.21. The zero-order valence-electron chi connectivity index (χ0n) is 15.3. The van der Waals surface area contributed by atoms with E-state index in [0.717, 1.165) is 11.4 Å². The van der Waals surface area contributed by atoms with Gasteiger partial charge in [0, 0.05) is 17.2 Å². The number of benzene rings is 1. The lowest BCUT2D eigenvalue weighted by Crippen LogP contribution is -2.14. The molecular weight excluding hydrogens is 333 g/mol. The summed E-state index contributed by atoms with van der Waals surface area (Å²) in [6, 6.07) is 7.83. The van der Waals surface area contributed by atoms with Crippen molar-refractivity contribution < 1.29 is 9.18 Å². The van der Waals surface area contributed by atoms with E-state index in [0.29, 0.717) is 23.5 Å². The van der Waals surface area contributed by atoms with Crippen LogP contribution in [0.15, 0.2) is 36.5 Å². The Hall–Kier alpha value is -2.96. The molecule has 0 saturated heterocycles. The molecule has 0 spiro atoms. The minimum atomic E-state index is -0.315. The SMILES string of the molecule is CCc1c(C(=O)Nc2cc(C(C)(C)C)[nH]n2)cnn1-c1ccc(F)cc1. The summed E-state index contributed by atoms with van der Waals surface area (Å²) >= 11 is 0. The Kier molecular flexibility index (Phi) is 4.63. The number of carbonyl (C=O) groups is 1. The number of nitrogens with one attached hydrogen (secondary N) is 2. The molecule has 1 aromatic carbocycles. The van der Waals surface area contributed by atoms with Crippen LogP contribution in [-0.4, -0.2) is 25.9 Å². The molecule has 3 aromatic rings. The smallest absolute Gasteiger partial charge is 0.260 e. The van der Waals surface area contributed by atoms with Gasteiger partial charge in [0.15, 0.2) is 5.82 Å². The standard InChI is InChI=1S/C19H22FN5O/c1-5-15-14(11-21-25(15)13-8-6-12(20)7-9-13)18(26)22-17-10-16(23-24-17)19(2,3)4/h6-11H,5H2,1-4H3,(H2,22,23,24,26). The zero-order chi connectivity index (χ0) is 18.9. The van der Waals surface area contributed by atoms with Crippen LogP contribution in [-0.2, 0) is 11.8 Å². The monoisotopic (exact) mass is 355 g/mol. The van der Waals surface area contributed by atoms with Crippen molar-refractivity contribution in [3.8, 4) is 5.69 Å². The summed E-state index contributed by atoms with van der Waals surface area (Å²) in [7, 11) is 0. The maximum atomic E-state index is 13.1. The molecule has 2 aromatic heterocycles. The summed E-state index contributed by atoms with van der Waals surface area (Å²) in [5.74, 6) is -0.121. The lowest BCUT2D eigenvalue weighted by Gasteiger charge is -2.14. The van der Waals surface area contributed by atoms with Gasteiger partial charge in [0.05, 0.1) is 23.1 Å². The molecule has 136 valence electrons. The Morgan fingerprint density at radius 2 is 1.96 bits per heavy atom. The number of rotatable bonds is 4. The van der Waals surface area contributed by atoms with E-state index in [1.54, 1.807) is 16.8 Å². The number of amides is 1. The Morgan fingerprint density at radius 3 is 2.54 bits per heavy atom. The van der Waals surface area contributed by atoms with Crippen LogP contribution in [0.4, 0.5) is 10.2 Å². The van der Waals surface area contributed by atoms with Gasteiger partial charge in [0.2, 0.25) is 0 Å². The van der Waals surface area contributed by atoms with Gasteiger partial charge in [-0.3, -0.25) is 9.89 Å². The molecule has 0 atom stereocenters. The first-order valence-corrected chi connectivity index (χ1v) is 8.49. The number of aromatic nitrogens is 4. The maximum absolute atomic E-state index is 13.1. The van der Waals surface area contributed by atoms with Gasteiger partial charge >= 0.3 is 0 Å². The number of hydrogen-bond donors (Lipinski definition) is 2. The highest BCUT2D eigenvalue weighted by molar-refractivity contribution is 6.04. The molecule has 3 rings (SSSR count). The van der Waals surface area contributed by atoms with Gasteiger partial charge in [-0.2, -0.15) is 10.2 Å². The first-order valence-electron chi connectivity index (χ1n) is 8.49. The maximum Gasteiger partial charge on any atom is 0.260 e. The summed E-state index contributed by atoms with van der Waals surface area (Å²) in [6.45, 7) is 8.14. The molecule has 0 fully saturated rings. The predicted octanol–water partition coefficient (Wildman–Crippen LogP) is 3.85. The van der Waals surface area contributed by atoms with Crippen LogP contribution in [0.5, 0.6) is 0 Å². The molecule has 0 aliphatic carbocycles. The van der Waals surface area contributed by atoms with Crippen molar-refractivity contribution >= 4 is 11.7 Å². The molecule has 26 heavy (non-hydrogen) atoms. The average molecular weight is 355 g/mol. The van der Waals surface area contributed by atoms with E-state index in [1.807, 2.05) is 13.0 Å². The quantitative estimate of drug-likeness (QED) is 0.746. The molecule has 0 unspecified atom stereocenters. The van der Waals surface area contributed by atoms with E-state index >= 15 is 0 Å². The van der Waals surface area contributed by atoms with Crippen LogP contribution < -0.4 is 5.32 Å². The number of halogens is 1. The van der Waals surface area contributed by atoms with Crippen molar-refractivity contribution in [2.75, 3.05) is 5.32 Å². The van der Waals surface area contributed by atoms with Gasteiger partial charge in [0.25, 0.3) is 5.91 Å². The van der Waals surface area contributed by atoms with Crippen LogP contribution in [0.3, 0.4) is 0 Å². The number of H-pyrrole nitrogens is 1. The van der Waals surface area contributed by atoms with Gasteiger partial charge in [0.1, 0.15) is 5.82 Å². The second-order valence-corrected chi connectivity index (χ2v) is 7.12. The number of hydrogen-bond acceptors (Lipinski definition) is 3. The molecule has 0 radical (unpaired) electrons. The van der Waals surface area contributed by atoms with Crippen molar-refractivity contribution in [3.05, 3.63) is 59.3 Å². The number of anilines is 1. The molecule has 2 heterocycles. The van der Waals surface area contributed by atoms with E-state index < -0.39 is 0 Å². The van der Waals surface area contributed by atoms with Gasteiger partial charge in [-0.05, 0) is 30.7 Å². The van der Waals surface area contributed by atoms with Crippen LogP contribution in [0.2, 0.25) is 0 Å². The van der Waals surface area contributed by atoms with Crippen molar-refractivity contribution in [2.45, 2.75) is 39.5 Å². The number of aromatic amines is 1. The topological polar surface area (TPSA) is 75.6 Å². The summed E-state index contributed by atoms with van der Waals surface area (Å²) in [5.41, 5.74) is 2.78. The Morgan fingerprint density at radius 1 is 1.27 bits per heavy atom. The van der Waals surface area contributed by atoms with Crippen molar-refractivity contribution in [3.63, 3.8) is 0 Å². The third-order valence-corrected chi connectivity index (χ3v) is 4.15. The highest BCUT2D eigenvalue weighted by atomic mass is 19.1. The normalized spacial score (nSPS) is 11.6. The van der Waals surface area contributed by atoms with Crippen molar-refractivity contribution in [2.24, 2.45) is 0 Å². The lowest BCUT2D eigenvalue weighted by molar-refractivity contribution is 0.102. The van der Waals surface area contributed by atoms with E-state index in [2.05, 4.69) is 41.4 Å². The van der Waals surface area contributed by atoms with Crippen LogP contribution in [0.25, 0.3) is 5.69 Å². The van der Waals surface area contributed by atoms with E-state index in [-0.39, 0.29) is 17.1 Å². The number of nitrogens with zero attached hydrogens (tertiary/aromatic N) is 3. The largest absolute Gasteiger partial charge is 0.305 e. The third kappa shape index (κ3) is 3.51. The molecule has 0 aliphatic rings. The fraction of sp³-hybridized carbons (Fsp3) is 0.316. The van der Waals surface area contributed by atoms with Crippen molar-refractivity contribution in [1.82, 2.24) is 20.0 Å². The Bertz CT molecular complexity index is 918. The second kappa shape index (κ2) is 6.74. The molecular formula is C19H22FN5O. The lowest BCUT2D eigenvalue weighted by atomic mass is 9.92. The molecule has 0 bridgehead atoms. The second-order valence-electron chi connectivity index (χ2n) is 7.12. The fourth-order valence-corrected chi connectivity index (χ4v) is 2.66. The molecule has 0 saturated carbocycles. The van der Waals surface area contributed by atoms with Crippen LogP contribution >= 0.6 is 0 Å². The highest BCUT2D eigenvalue weighted by Gasteiger charge is 2.20. The molecule has 0 aliphatic heterocycles. The van der Waals surface area contributed by atoms with E-state index in [4.69, 9.17) is 0 Å². The van der Waals surface area contributed by atoms with Gasteiger partial charge in [-0.25, -0.2) is 9.07 Å². The Balaban J connectivity index is 1.86. The summed E-state index contributed by atoms with van der Waals surface area (Å²) in [4.78, 5) is 12.7. The van der Waals surface area contributed by atoms with E-state index in [9.17, 15) is 9.18 Å². The summed E-state index contributed by atoms with van der Waals surface area (Å²) in [6.07, 6.45) is 2.13. The van der Waals surface area contributed by atoms with Crippen LogP contribution in [0.1, 0.15) is 49.4 Å². The summed E-state index contributed by atoms with van der Waals surface area (Å²) in [5, 5.41) is 14.2. The van der Waals surface area contributed by atoms with Crippen molar-refractivity contribution in [1.29, 1.82) is 0 Å². The van der Waals surface area contributed by atoms with Gasteiger partial charge in [-0.15, -0.1) is 0 Å². The first-order chi connectivity index (χ1) is 12.3. The van der Waals surface area contributed by atoms with E-state index in [1.165, 1.54) is 18.3 Å². The van der Waals surface area contributed by atoms with Crippen LogP contribution in [0, 0.1) is 5.82 Å². The fourth-order valence-electron chi connectivity index (χ4n) is 2.66. The van der Waals surface area contributed by atoms with Gasteiger partial charge in [-0.1, -0.05) is 27.7 Å². The third-order valence-electron chi connectivity index (χ3n) is 4.15. The molecule has 7 heteroatoms. The Labute approximate surface area is 151 Å². The minimum absolute atomic E-state index is 0.0853.